The number of hydrogen-bond donors (Lipinski definition) is 2. The van der Waals surface area contributed by atoms with Gasteiger partial charge in [-0.25, -0.2) is 4.39 Å². The minimum Gasteiger partial charge on any atom is -0.301 e. The van der Waals surface area contributed by atoms with E-state index in [2.05, 4.69) is 17.6 Å². The lowest BCUT2D eigenvalue weighted by molar-refractivity contribution is 0.106. The summed E-state index contributed by atoms with van der Waals surface area (Å²) >= 11 is 0. The highest BCUT2D eigenvalue weighted by molar-refractivity contribution is 4.87. The second kappa shape index (κ2) is 7.41. The first-order chi connectivity index (χ1) is 10.3. The Bertz CT molecular complexity index is 298. The summed E-state index contributed by atoms with van der Waals surface area (Å²) in [7, 11) is 0. The number of halogens is 1. The maximum atomic E-state index is 13.3. The fraction of sp³-hybridized carbons (Fsp3) is 1.00. The second-order valence-corrected chi connectivity index (χ2v) is 7.76. The van der Waals surface area contributed by atoms with Gasteiger partial charge in [0.05, 0.1) is 6.17 Å². The van der Waals surface area contributed by atoms with Crippen LogP contribution in [0.2, 0.25) is 0 Å². The Balaban J connectivity index is 1.41. The Kier molecular flexibility index (Phi) is 5.55. The minimum absolute atomic E-state index is 0.500. The fourth-order valence-corrected chi connectivity index (χ4v) is 4.85. The Morgan fingerprint density at radius 1 is 0.762 bits per heavy atom. The standard InChI is InChI=1S/C18H33FN2/c1-2-13-11-20-18(21-12-13)16-5-3-14(4-6-16)15-7-9-17(19)10-8-15/h13-18,20-21H,2-12H2,1H3. The predicted octanol–water partition coefficient (Wildman–Crippen LogP) is 3.87. The van der Waals surface area contributed by atoms with Crippen LogP contribution in [0, 0.1) is 23.7 Å². The molecule has 1 saturated heterocycles. The van der Waals surface area contributed by atoms with E-state index >= 15 is 0 Å². The zero-order valence-electron chi connectivity index (χ0n) is 13.6. The van der Waals surface area contributed by atoms with E-state index in [1.54, 1.807) is 0 Å². The molecule has 1 aliphatic heterocycles. The average Bonchev–Trinajstić information content (AvgIpc) is 2.56. The molecule has 0 bridgehead atoms. The molecule has 2 N–H and O–H groups in total. The molecule has 0 aromatic rings. The molecule has 0 unspecified atom stereocenters. The average molecular weight is 296 g/mol. The number of nitrogens with one attached hydrogen (secondary N) is 2. The van der Waals surface area contributed by atoms with Crippen molar-refractivity contribution >= 4 is 0 Å². The van der Waals surface area contributed by atoms with Crippen molar-refractivity contribution in [3.05, 3.63) is 0 Å². The molecule has 0 spiro atoms. The quantitative estimate of drug-likeness (QED) is 0.826. The van der Waals surface area contributed by atoms with Gasteiger partial charge in [0.1, 0.15) is 6.17 Å². The van der Waals surface area contributed by atoms with Crippen LogP contribution in [-0.4, -0.2) is 25.4 Å². The van der Waals surface area contributed by atoms with Crippen LogP contribution in [0.15, 0.2) is 0 Å². The minimum atomic E-state index is -0.500. The molecule has 2 saturated carbocycles. The molecule has 0 radical (unpaired) electrons. The summed E-state index contributed by atoms with van der Waals surface area (Å²) < 4.78 is 13.3. The highest BCUT2D eigenvalue weighted by Gasteiger charge is 2.34. The zero-order valence-corrected chi connectivity index (χ0v) is 13.6. The Morgan fingerprint density at radius 2 is 1.24 bits per heavy atom. The number of rotatable bonds is 3. The smallest absolute Gasteiger partial charge is 0.100 e. The normalized spacial score (nSPS) is 45.4. The molecule has 2 nitrogen and oxygen atoms in total. The maximum Gasteiger partial charge on any atom is 0.100 e. The van der Waals surface area contributed by atoms with E-state index in [-0.39, 0.29) is 0 Å². The molecule has 3 fully saturated rings. The van der Waals surface area contributed by atoms with Crippen LogP contribution < -0.4 is 10.6 Å². The van der Waals surface area contributed by atoms with E-state index < -0.39 is 6.17 Å². The van der Waals surface area contributed by atoms with Crippen LogP contribution in [0.3, 0.4) is 0 Å². The summed E-state index contributed by atoms with van der Waals surface area (Å²) in [6.07, 6.45) is 10.8. The number of alkyl halides is 1. The predicted molar refractivity (Wildman–Crippen MR) is 85.9 cm³/mol. The van der Waals surface area contributed by atoms with Gasteiger partial charge in [-0.1, -0.05) is 13.3 Å². The molecule has 1 heterocycles. The molecule has 0 atom stereocenters. The van der Waals surface area contributed by atoms with Crippen LogP contribution in [0.25, 0.3) is 0 Å². The van der Waals surface area contributed by atoms with Crippen molar-refractivity contribution in [1.29, 1.82) is 0 Å². The van der Waals surface area contributed by atoms with Gasteiger partial charge in [-0.05, 0) is 75.0 Å². The van der Waals surface area contributed by atoms with Crippen LogP contribution >= 0.6 is 0 Å². The lowest BCUT2D eigenvalue weighted by Crippen LogP contribution is -2.56. The summed E-state index contributed by atoms with van der Waals surface area (Å²) in [5.41, 5.74) is 0. The lowest BCUT2D eigenvalue weighted by Gasteiger charge is -2.41. The first-order valence-corrected chi connectivity index (χ1v) is 9.37. The molecular formula is C18H33FN2. The Hall–Kier alpha value is -0.150. The van der Waals surface area contributed by atoms with Crippen LogP contribution in [0.5, 0.6) is 0 Å². The summed E-state index contributed by atoms with van der Waals surface area (Å²) in [5.74, 6) is 3.35. The maximum absolute atomic E-state index is 13.3. The van der Waals surface area contributed by atoms with Crippen molar-refractivity contribution in [2.45, 2.75) is 77.0 Å². The summed E-state index contributed by atoms with van der Waals surface area (Å²) in [6.45, 7) is 4.66. The van der Waals surface area contributed by atoms with Gasteiger partial charge in [0.2, 0.25) is 0 Å². The number of hydrogen-bond acceptors (Lipinski definition) is 2. The molecule has 3 rings (SSSR count). The molecule has 0 aromatic carbocycles. The van der Waals surface area contributed by atoms with Gasteiger partial charge in [0, 0.05) is 13.1 Å². The van der Waals surface area contributed by atoms with Crippen LogP contribution in [0.4, 0.5) is 4.39 Å². The first-order valence-electron chi connectivity index (χ1n) is 9.37. The van der Waals surface area contributed by atoms with E-state index in [4.69, 9.17) is 0 Å². The molecule has 0 aromatic heterocycles. The third-order valence-electron chi connectivity index (χ3n) is 6.49. The van der Waals surface area contributed by atoms with Crippen molar-refractivity contribution in [3.8, 4) is 0 Å². The van der Waals surface area contributed by atoms with Crippen LogP contribution in [0.1, 0.15) is 64.7 Å². The van der Waals surface area contributed by atoms with Gasteiger partial charge in [0.15, 0.2) is 0 Å². The van der Waals surface area contributed by atoms with E-state index in [1.807, 2.05) is 0 Å². The summed E-state index contributed by atoms with van der Waals surface area (Å²) in [5, 5.41) is 7.46. The van der Waals surface area contributed by atoms with E-state index in [1.165, 1.54) is 45.2 Å². The van der Waals surface area contributed by atoms with Gasteiger partial charge in [-0.15, -0.1) is 0 Å². The zero-order chi connectivity index (χ0) is 14.7. The molecule has 21 heavy (non-hydrogen) atoms. The van der Waals surface area contributed by atoms with Crippen molar-refractivity contribution < 1.29 is 4.39 Å². The third kappa shape index (κ3) is 3.98. The lowest BCUT2D eigenvalue weighted by atomic mass is 9.70. The van der Waals surface area contributed by atoms with Crippen molar-refractivity contribution in [2.24, 2.45) is 23.7 Å². The summed E-state index contributed by atoms with van der Waals surface area (Å²) in [6, 6.07) is 0. The van der Waals surface area contributed by atoms with E-state index in [9.17, 15) is 4.39 Å². The van der Waals surface area contributed by atoms with Crippen molar-refractivity contribution in [2.75, 3.05) is 13.1 Å². The molecule has 3 heteroatoms. The molecule has 3 aliphatic rings. The van der Waals surface area contributed by atoms with E-state index in [0.29, 0.717) is 6.17 Å². The van der Waals surface area contributed by atoms with Crippen LogP contribution in [-0.2, 0) is 0 Å². The highest BCUT2D eigenvalue weighted by atomic mass is 19.1. The van der Waals surface area contributed by atoms with Gasteiger partial charge >= 0.3 is 0 Å². The monoisotopic (exact) mass is 296 g/mol. The SMILES string of the molecule is CCC1CNC(C2CCC(C3CCC(F)CC3)CC2)NC1. The fourth-order valence-electron chi connectivity index (χ4n) is 4.85. The molecule has 122 valence electrons. The van der Waals surface area contributed by atoms with Gasteiger partial charge in [0.25, 0.3) is 0 Å². The third-order valence-corrected chi connectivity index (χ3v) is 6.49. The molecule has 0 amide bonds. The largest absolute Gasteiger partial charge is 0.301 e. The van der Waals surface area contributed by atoms with Gasteiger partial charge in [-0.2, -0.15) is 0 Å². The highest BCUT2D eigenvalue weighted by Crippen LogP contribution is 2.41. The van der Waals surface area contributed by atoms with Gasteiger partial charge < -0.3 is 10.6 Å². The summed E-state index contributed by atoms with van der Waals surface area (Å²) in [4.78, 5) is 0. The van der Waals surface area contributed by atoms with E-state index in [0.717, 1.165) is 49.4 Å². The topological polar surface area (TPSA) is 24.1 Å². The van der Waals surface area contributed by atoms with Gasteiger partial charge in [-0.3, -0.25) is 0 Å². The second-order valence-electron chi connectivity index (χ2n) is 7.76. The Morgan fingerprint density at radius 3 is 1.76 bits per heavy atom. The van der Waals surface area contributed by atoms with Crippen molar-refractivity contribution in [3.63, 3.8) is 0 Å². The molecular weight excluding hydrogens is 263 g/mol. The molecule has 2 aliphatic carbocycles. The van der Waals surface area contributed by atoms with Crippen molar-refractivity contribution in [1.82, 2.24) is 10.6 Å². The Labute approximate surface area is 129 Å². The first kappa shape index (κ1) is 15.7.